The third kappa shape index (κ3) is 4.66. The molecule has 6 rings (SSSR count). The van der Waals surface area contributed by atoms with Crippen molar-refractivity contribution < 1.29 is 10.2 Å². The molecule has 5 aromatic rings. The first-order chi connectivity index (χ1) is 16.7. The van der Waals surface area contributed by atoms with Gasteiger partial charge in [0.15, 0.2) is 0 Å². The first-order valence-corrected chi connectivity index (χ1v) is 11.2. The number of para-hydroxylation sites is 3. The summed E-state index contributed by atoms with van der Waals surface area (Å²) >= 11 is 0. The maximum Gasteiger partial charge on any atom is 0.140 e. The molecule has 1 aliphatic heterocycles. The second kappa shape index (κ2) is 9.83. The molecular formula is C29H25N3O2. The van der Waals surface area contributed by atoms with Crippen molar-refractivity contribution in [3.8, 4) is 0 Å². The molecule has 168 valence electrons. The Labute approximate surface area is 198 Å². The monoisotopic (exact) mass is 447 g/mol. The van der Waals surface area contributed by atoms with E-state index in [0.717, 1.165) is 40.0 Å². The molecule has 5 nitrogen and oxygen atoms in total. The molecule has 0 spiro atoms. The van der Waals surface area contributed by atoms with Crippen LogP contribution in [0.4, 0.5) is 5.69 Å². The predicted molar refractivity (Wildman–Crippen MR) is 135 cm³/mol. The second-order valence-electron chi connectivity index (χ2n) is 8.17. The summed E-state index contributed by atoms with van der Waals surface area (Å²) < 4.78 is 0. The van der Waals surface area contributed by atoms with Crippen molar-refractivity contribution in [2.45, 2.75) is 18.6 Å². The van der Waals surface area contributed by atoms with Gasteiger partial charge in [-0.15, -0.1) is 0 Å². The Balaban J connectivity index is 0.000000142. The van der Waals surface area contributed by atoms with Crippen molar-refractivity contribution in [2.24, 2.45) is 4.99 Å². The molecule has 0 fully saturated rings. The van der Waals surface area contributed by atoms with Crippen LogP contribution in [0.3, 0.4) is 0 Å². The lowest BCUT2D eigenvalue weighted by atomic mass is 10.0. The van der Waals surface area contributed by atoms with Crippen LogP contribution in [-0.4, -0.2) is 25.9 Å². The van der Waals surface area contributed by atoms with Gasteiger partial charge in [-0.05, 0) is 34.9 Å². The van der Waals surface area contributed by atoms with E-state index in [1.54, 1.807) is 0 Å². The summed E-state index contributed by atoms with van der Waals surface area (Å²) in [5, 5.41) is 20.5. The number of nitrogens with zero attached hydrogens (tertiary/aromatic N) is 2. The number of rotatable bonds is 4. The zero-order chi connectivity index (χ0) is 23.3. The van der Waals surface area contributed by atoms with Gasteiger partial charge in [-0.1, -0.05) is 91.0 Å². The van der Waals surface area contributed by atoms with Gasteiger partial charge in [0.1, 0.15) is 18.0 Å². The molecule has 1 aliphatic rings. The fourth-order valence-electron chi connectivity index (χ4n) is 4.04. The number of aliphatic imine (C=N–C) groups is 1. The Morgan fingerprint density at radius 2 is 1.24 bits per heavy atom. The van der Waals surface area contributed by atoms with E-state index in [2.05, 4.69) is 21.0 Å². The normalized spacial score (nSPS) is 14.0. The second-order valence-corrected chi connectivity index (χ2v) is 8.17. The van der Waals surface area contributed by atoms with Crippen molar-refractivity contribution in [3.05, 3.63) is 132 Å². The van der Waals surface area contributed by atoms with Gasteiger partial charge in [-0.25, -0.2) is 4.98 Å². The average molecular weight is 448 g/mol. The van der Waals surface area contributed by atoms with Gasteiger partial charge < -0.3 is 15.2 Å². The lowest BCUT2D eigenvalue weighted by molar-refractivity contribution is 0.211. The van der Waals surface area contributed by atoms with E-state index in [1.807, 2.05) is 103 Å². The molecule has 0 bridgehead atoms. The SMILES string of the molecule is OC(C1=Nc2ccccc2C1)c1ccccc1.OC(c1ccccc1)c1nc2ccccc2[nH]1. The van der Waals surface area contributed by atoms with Gasteiger partial charge in [0, 0.05) is 6.42 Å². The molecule has 2 heterocycles. The molecule has 0 radical (unpaired) electrons. The number of hydrogen-bond acceptors (Lipinski definition) is 4. The van der Waals surface area contributed by atoms with Gasteiger partial charge in [-0.2, -0.15) is 0 Å². The van der Waals surface area contributed by atoms with Crippen LogP contribution in [0.15, 0.2) is 114 Å². The summed E-state index contributed by atoms with van der Waals surface area (Å²) in [6, 6.07) is 34.9. The molecule has 0 saturated carbocycles. The zero-order valence-electron chi connectivity index (χ0n) is 18.5. The summed E-state index contributed by atoms with van der Waals surface area (Å²) in [6.45, 7) is 0. The number of fused-ring (bicyclic) bond motifs is 2. The van der Waals surface area contributed by atoms with E-state index in [0.29, 0.717) is 5.82 Å². The number of aromatic amines is 1. The smallest absolute Gasteiger partial charge is 0.140 e. The summed E-state index contributed by atoms with van der Waals surface area (Å²) in [4.78, 5) is 12.0. The minimum Gasteiger partial charge on any atom is -0.382 e. The van der Waals surface area contributed by atoms with Gasteiger partial charge in [0.05, 0.1) is 22.4 Å². The van der Waals surface area contributed by atoms with Crippen molar-refractivity contribution >= 4 is 22.4 Å². The molecule has 5 heteroatoms. The molecule has 3 N–H and O–H groups in total. The largest absolute Gasteiger partial charge is 0.382 e. The van der Waals surface area contributed by atoms with Crippen molar-refractivity contribution in [1.29, 1.82) is 0 Å². The van der Waals surface area contributed by atoms with E-state index >= 15 is 0 Å². The number of benzene rings is 4. The molecule has 0 amide bonds. The molecule has 4 aromatic carbocycles. The molecular weight excluding hydrogens is 422 g/mol. The molecule has 0 saturated heterocycles. The minimum absolute atomic E-state index is 0.581. The average Bonchev–Trinajstić information content (AvgIpc) is 3.54. The van der Waals surface area contributed by atoms with Crippen LogP contribution in [-0.2, 0) is 6.42 Å². The fourth-order valence-corrected chi connectivity index (χ4v) is 4.04. The first-order valence-electron chi connectivity index (χ1n) is 11.2. The quantitative estimate of drug-likeness (QED) is 0.331. The number of aliphatic hydroxyl groups excluding tert-OH is 2. The minimum atomic E-state index is -0.705. The molecule has 2 atom stereocenters. The highest BCUT2D eigenvalue weighted by Crippen LogP contribution is 2.30. The number of nitrogens with one attached hydrogen (secondary N) is 1. The van der Waals surface area contributed by atoms with Crippen LogP contribution in [0.1, 0.15) is 34.7 Å². The number of aliphatic hydroxyl groups is 2. The Hall–Kier alpha value is -4.06. The fraction of sp³-hybridized carbons (Fsp3) is 0.103. The van der Waals surface area contributed by atoms with Crippen LogP contribution < -0.4 is 0 Å². The van der Waals surface area contributed by atoms with E-state index in [4.69, 9.17) is 0 Å². The van der Waals surface area contributed by atoms with Crippen LogP contribution >= 0.6 is 0 Å². The third-order valence-corrected chi connectivity index (χ3v) is 5.84. The Bertz CT molecular complexity index is 1380. The van der Waals surface area contributed by atoms with Crippen molar-refractivity contribution in [2.75, 3.05) is 0 Å². The lowest BCUT2D eigenvalue weighted by Crippen LogP contribution is -2.11. The highest BCUT2D eigenvalue weighted by atomic mass is 16.3. The summed E-state index contributed by atoms with van der Waals surface area (Å²) in [6.07, 6.45) is -0.557. The number of H-pyrrole nitrogens is 1. The third-order valence-electron chi connectivity index (χ3n) is 5.84. The lowest BCUT2D eigenvalue weighted by Gasteiger charge is -2.10. The van der Waals surface area contributed by atoms with E-state index in [9.17, 15) is 10.2 Å². The van der Waals surface area contributed by atoms with Gasteiger partial charge in [-0.3, -0.25) is 4.99 Å². The summed E-state index contributed by atoms with van der Waals surface area (Å²) in [5.74, 6) is 0.581. The first kappa shape index (κ1) is 21.8. The number of hydrogen-bond donors (Lipinski definition) is 3. The maximum atomic E-state index is 10.3. The van der Waals surface area contributed by atoms with Crippen LogP contribution in [0.5, 0.6) is 0 Å². The number of aromatic nitrogens is 2. The standard InChI is InChI=1S/C15H13NO.C14H12N2O/c17-15(11-6-2-1-3-7-11)14-10-12-8-4-5-9-13(12)16-14;17-13(10-6-2-1-3-7-10)14-15-11-8-4-5-9-12(11)16-14/h1-9,15,17H,10H2;1-9,13,17H,(H,15,16). The van der Waals surface area contributed by atoms with Crippen LogP contribution in [0.2, 0.25) is 0 Å². The van der Waals surface area contributed by atoms with Gasteiger partial charge in [0.2, 0.25) is 0 Å². The molecule has 2 unspecified atom stereocenters. The highest BCUT2D eigenvalue weighted by molar-refractivity contribution is 5.97. The summed E-state index contributed by atoms with van der Waals surface area (Å²) in [5.41, 5.74) is 6.56. The van der Waals surface area contributed by atoms with E-state index in [-0.39, 0.29) is 0 Å². The topological polar surface area (TPSA) is 81.5 Å². The zero-order valence-corrected chi connectivity index (χ0v) is 18.5. The van der Waals surface area contributed by atoms with Gasteiger partial charge in [0.25, 0.3) is 0 Å². The Morgan fingerprint density at radius 3 is 1.91 bits per heavy atom. The molecule has 1 aromatic heterocycles. The molecule has 0 aliphatic carbocycles. The van der Waals surface area contributed by atoms with Crippen molar-refractivity contribution in [3.63, 3.8) is 0 Å². The van der Waals surface area contributed by atoms with Crippen molar-refractivity contribution in [1.82, 2.24) is 9.97 Å². The number of imidazole rings is 1. The molecule has 34 heavy (non-hydrogen) atoms. The Kier molecular flexibility index (Phi) is 6.29. The maximum absolute atomic E-state index is 10.3. The van der Waals surface area contributed by atoms with Crippen LogP contribution in [0.25, 0.3) is 11.0 Å². The van der Waals surface area contributed by atoms with E-state index < -0.39 is 12.2 Å². The predicted octanol–water partition coefficient (Wildman–Crippen LogP) is 5.69. The summed E-state index contributed by atoms with van der Waals surface area (Å²) in [7, 11) is 0. The van der Waals surface area contributed by atoms with Gasteiger partial charge >= 0.3 is 0 Å². The van der Waals surface area contributed by atoms with E-state index in [1.165, 1.54) is 5.56 Å². The highest BCUT2D eigenvalue weighted by Gasteiger charge is 2.21. The Morgan fingerprint density at radius 1 is 0.647 bits per heavy atom. The van der Waals surface area contributed by atoms with Crippen LogP contribution in [0, 0.1) is 0 Å².